The van der Waals surface area contributed by atoms with Gasteiger partial charge in [0, 0.05) is 12.8 Å². The Balaban J connectivity index is 4.40. The molecular formula is C8H15N. The average Bonchev–Trinajstić information content (AvgIpc) is 1.84. The number of nitrogens with zero attached hydrogens (tertiary/aromatic N) is 1. The highest BCUT2D eigenvalue weighted by Gasteiger charge is 1.93. The molecule has 0 aliphatic carbocycles. The Morgan fingerprint density at radius 1 is 1.00 bits per heavy atom. The molecule has 0 rings (SSSR count). The molecule has 1 heteroatoms. The van der Waals surface area contributed by atoms with Gasteiger partial charge in [-0.15, -0.1) is 0 Å². The average molecular weight is 125 g/mol. The molecule has 52 valence electrons. The van der Waals surface area contributed by atoms with Crippen LogP contribution in [0.1, 0.15) is 27.7 Å². The van der Waals surface area contributed by atoms with Gasteiger partial charge in [0.25, 0.3) is 0 Å². The van der Waals surface area contributed by atoms with E-state index in [1.807, 2.05) is 14.0 Å². The van der Waals surface area contributed by atoms with E-state index in [1.54, 1.807) is 0 Å². The lowest BCUT2D eigenvalue weighted by molar-refractivity contribution is 1.29. The van der Waals surface area contributed by atoms with Crippen LogP contribution >= 0.6 is 0 Å². The van der Waals surface area contributed by atoms with Gasteiger partial charge in [-0.3, -0.25) is 4.99 Å². The predicted octanol–water partition coefficient (Wildman–Crippen LogP) is 2.43. The van der Waals surface area contributed by atoms with Gasteiger partial charge >= 0.3 is 0 Å². The summed E-state index contributed by atoms with van der Waals surface area (Å²) in [7, 11) is 1.82. The molecule has 0 aromatic heterocycles. The van der Waals surface area contributed by atoms with Gasteiger partial charge in [0.05, 0.1) is 0 Å². The van der Waals surface area contributed by atoms with Crippen LogP contribution in [0.4, 0.5) is 0 Å². The van der Waals surface area contributed by atoms with Crippen LogP contribution < -0.4 is 0 Å². The topological polar surface area (TPSA) is 12.4 Å². The van der Waals surface area contributed by atoms with E-state index >= 15 is 0 Å². The molecule has 0 bridgehead atoms. The van der Waals surface area contributed by atoms with Crippen molar-refractivity contribution in [3.63, 3.8) is 0 Å². The standard InChI is InChI=1S/C8H15N/c1-6(2)7(3)8(4)9-5/h1-5H3/b9-8-. The Hall–Kier alpha value is -0.590. The summed E-state index contributed by atoms with van der Waals surface area (Å²) in [4.78, 5) is 4.07. The molecule has 0 fully saturated rings. The normalized spacial score (nSPS) is 11.4. The minimum Gasteiger partial charge on any atom is -0.293 e. The zero-order valence-electron chi connectivity index (χ0n) is 6.95. The Labute approximate surface area is 57.5 Å². The zero-order valence-corrected chi connectivity index (χ0v) is 6.95. The van der Waals surface area contributed by atoms with Crippen molar-refractivity contribution >= 4 is 5.71 Å². The minimum atomic E-state index is 1.13. The lowest BCUT2D eigenvalue weighted by Crippen LogP contribution is -1.94. The molecule has 0 aromatic carbocycles. The molecule has 0 aliphatic heterocycles. The van der Waals surface area contributed by atoms with Gasteiger partial charge in [-0.1, -0.05) is 5.57 Å². The summed E-state index contributed by atoms with van der Waals surface area (Å²) in [6.07, 6.45) is 0. The molecule has 0 saturated carbocycles. The monoisotopic (exact) mass is 125 g/mol. The van der Waals surface area contributed by atoms with Crippen LogP contribution in [0.15, 0.2) is 16.1 Å². The SMILES string of the molecule is C/N=C(/C)C(C)=C(C)C. The molecule has 9 heavy (non-hydrogen) atoms. The molecule has 0 spiro atoms. The lowest BCUT2D eigenvalue weighted by Gasteiger charge is -2.00. The fraction of sp³-hybridized carbons (Fsp3) is 0.625. The van der Waals surface area contributed by atoms with Crippen LogP contribution in [0, 0.1) is 0 Å². The van der Waals surface area contributed by atoms with Crippen LogP contribution in [-0.4, -0.2) is 12.8 Å². The Morgan fingerprint density at radius 2 is 1.44 bits per heavy atom. The van der Waals surface area contributed by atoms with Crippen LogP contribution in [0.5, 0.6) is 0 Å². The van der Waals surface area contributed by atoms with Crippen molar-refractivity contribution in [2.75, 3.05) is 7.05 Å². The summed E-state index contributed by atoms with van der Waals surface area (Å²) in [6, 6.07) is 0. The van der Waals surface area contributed by atoms with E-state index in [0.29, 0.717) is 0 Å². The van der Waals surface area contributed by atoms with Crippen LogP contribution in [0.2, 0.25) is 0 Å². The Morgan fingerprint density at radius 3 is 1.56 bits per heavy atom. The smallest absolute Gasteiger partial charge is 0.0342 e. The van der Waals surface area contributed by atoms with Gasteiger partial charge in [-0.05, 0) is 33.3 Å². The van der Waals surface area contributed by atoms with E-state index in [0.717, 1.165) is 5.71 Å². The number of aliphatic imine (C=N–C) groups is 1. The molecule has 0 atom stereocenters. The highest BCUT2D eigenvalue weighted by molar-refractivity contribution is 5.98. The number of hydrogen-bond donors (Lipinski definition) is 0. The molecule has 0 unspecified atom stereocenters. The number of allylic oxidation sites excluding steroid dienone is 2. The molecule has 1 nitrogen and oxygen atoms in total. The van der Waals surface area contributed by atoms with E-state index in [1.165, 1.54) is 11.1 Å². The first-order valence-corrected chi connectivity index (χ1v) is 3.17. The van der Waals surface area contributed by atoms with E-state index < -0.39 is 0 Å². The highest BCUT2D eigenvalue weighted by atomic mass is 14.7. The summed E-state index contributed by atoms with van der Waals surface area (Å²) in [5.41, 5.74) is 3.78. The number of hydrogen-bond acceptors (Lipinski definition) is 1. The van der Waals surface area contributed by atoms with E-state index in [2.05, 4.69) is 25.8 Å². The van der Waals surface area contributed by atoms with E-state index in [9.17, 15) is 0 Å². The molecule has 0 aliphatic rings. The van der Waals surface area contributed by atoms with Gasteiger partial charge in [-0.2, -0.15) is 0 Å². The maximum atomic E-state index is 4.07. The first-order chi connectivity index (χ1) is 4.09. The van der Waals surface area contributed by atoms with Crippen LogP contribution in [0.3, 0.4) is 0 Å². The van der Waals surface area contributed by atoms with Gasteiger partial charge in [-0.25, -0.2) is 0 Å². The summed E-state index contributed by atoms with van der Waals surface area (Å²) in [5, 5.41) is 0. The molecule has 0 amide bonds. The molecule has 0 radical (unpaired) electrons. The Bertz CT molecular complexity index is 148. The minimum absolute atomic E-state index is 1.13. The first-order valence-electron chi connectivity index (χ1n) is 3.17. The molecule has 0 N–H and O–H groups in total. The van der Waals surface area contributed by atoms with Crippen molar-refractivity contribution in [2.45, 2.75) is 27.7 Å². The fourth-order valence-electron chi connectivity index (χ4n) is 0.530. The lowest BCUT2D eigenvalue weighted by atomic mass is 10.1. The largest absolute Gasteiger partial charge is 0.293 e. The summed E-state index contributed by atoms with van der Waals surface area (Å²) in [6.45, 7) is 8.33. The van der Waals surface area contributed by atoms with Crippen LogP contribution in [0.25, 0.3) is 0 Å². The van der Waals surface area contributed by atoms with Crippen molar-refractivity contribution in [3.8, 4) is 0 Å². The van der Waals surface area contributed by atoms with Crippen LogP contribution in [-0.2, 0) is 0 Å². The maximum absolute atomic E-state index is 4.07. The maximum Gasteiger partial charge on any atom is 0.0342 e. The third kappa shape index (κ3) is 2.45. The molecule has 0 heterocycles. The van der Waals surface area contributed by atoms with Crippen molar-refractivity contribution in [3.05, 3.63) is 11.1 Å². The van der Waals surface area contributed by atoms with E-state index in [-0.39, 0.29) is 0 Å². The second-order valence-electron chi connectivity index (χ2n) is 2.43. The summed E-state index contributed by atoms with van der Waals surface area (Å²) >= 11 is 0. The second-order valence-corrected chi connectivity index (χ2v) is 2.43. The highest BCUT2D eigenvalue weighted by Crippen LogP contribution is 2.03. The first kappa shape index (κ1) is 8.41. The molecule has 0 aromatic rings. The van der Waals surface area contributed by atoms with E-state index in [4.69, 9.17) is 0 Å². The second kappa shape index (κ2) is 3.44. The fourth-order valence-corrected chi connectivity index (χ4v) is 0.530. The van der Waals surface area contributed by atoms with Crippen molar-refractivity contribution in [2.24, 2.45) is 4.99 Å². The molecule has 0 saturated heterocycles. The predicted molar refractivity (Wildman–Crippen MR) is 43.1 cm³/mol. The zero-order chi connectivity index (χ0) is 7.44. The summed E-state index contributed by atoms with van der Waals surface area (Å²) in [5.74, 6) is 0. The van der Waals surface area contributed by atoms with Crippen molar-refractivity contribution in [1.29, 1.82) is 0 Å². The van der Waals surface area contributed by atoms with Crippen molar-refractivity contribution < 1.29 is 0 Å². The third-order valence-corrected chi connectivity index (χ3v) is 1.63. The van der Waals surface area contributed by atoms with Crippen molar-refractivity contribution in [1.82, 2.24) is 0 Å². The number of rotatable bonds is 1. The van der Waals surface area contributed by atoms with Gasteiger partial charge in [0.15, 0.2) is 0 Å². The summed E-state index contributed by atoms with van der Waals surface area (Å²) < 4.78 is 0. The van der Waals surface area contributed by atoms with Gasteiger partial charge in [0.1, 0.15) is 0 Å². The molecular weight excluding hydrogens is 110 g/mol. The Kier molecular flexibility index (Phi) is 3.21. The third-order valence-electron chi connectivity index (χ3n) is 1.63. The quantitative estimate of drug-likeness (QED) is 0.477. The van der Waals surface area contributed by atoms with Gasteiger partial charge in [0.2, 0.25) is 0 Å². The van der Waals surface area contributed by atoms with Gasteiger partial charge < -0.3 is 0 Å².